The lowest BCUT2D eigenvalue weighted by atomic mass is 10.2. The van der Waals surface area contributed by atoms with Gasteiger partial charge in [-0.25, -0.2) is 0 Å². The first-order chi connectivity index (χ1) is 3.77. The lowest BCUT2D eigenvalue weighted by Crippen LogP contribution is -1.81. The van der Waals surface area contributed by atoms with Gasteiger partial charge in [0.2, 0.25) is 0 Å². The van der Waals surface area contributed by atoms with Crippen LogP contribution in [-0.2, 0) is 0 Å². The highest BCUT2D eigenvalue weighted by Gasteiger charge is 2.02. The highest BCUT2D eigenvalue weighted by Crippen LogP contribution is 2.12. The summed E-state index contributed by atoms with van der Waals surface area (Å²) in [6, 6.07) is 0. The molecule has 0 bridgehead atoms. The summed E-state index contributed by atoms with van der Waals surface area (Å²) >= 11 is 0. The van der Waals surface area contributed by atoms with Crippen LogP contribution >= 0.6 is 0 Å². The van der Waals surface area contributed by atoms with Crippen molar-refractivity contribution in [1.82, 2.24) is 0 Å². The summed E-state index contributed by atoms with van der Waals surface area (Å²) in [4.78, 5) is 0. The molecule has 0 aliphatic heterocycles. The van der Waals surface area contributed by atoms with Crippen molar-refractivity contribution < 1.29 is 13.2 Å². The third-order valence-electron chi connectivity index (χ3n) is 0.749. The zero-order valence-corrected chi connectivity index (χ0v) is 4.46. The molecule has 0 saturated heterocycles. The second-order valence-electron chi connectivity index (χ2n) is 1.48. The molecule has 0 aromatic rings. The SMILES string of the molecule is FCCCC[C](F)F. The minimum atomic E-state index is -1.60. The van der Waals surface area contributed by atoms with Gasteiger partial charge in [0.1, 0.15) is 0 Å². The predicted octanol–water partition coefficient (Wildman–Crippen LogP) is 2.55. The molecule has 0 fully saturated rings. The minimum absolute atomic E-state index is 0.246. The second-order valence-corrected chi connectivity index (χ2v) is 1.48. The normalized spacial score (nSPS) is 10.5. The molecule has 0 aliphatic rings. The van der Waals surface area contributed by atoms with Crippen LogP contribution in [0.25, 0.3) is 0 Å². The summed E-state index contributed by atoms with van der Waals surface area (Å²) in [5.74, 6) is 0. The topological polar surface area (TPSA) is 0 Å². The van der Waals surface area contributed by atoms with E-state index in [9.17, 15) is 13.2 Å². The van der Waals surface area contributed by atoms with Crippen LogP contribution in [0, 0.1) is 6.43 Å². The summed E-state index contributed by atoms with van der Waals surface area (Å²) in [6.45, 7) is -0.493. The fourth-order valence-electron chi connectivity index (χ4n) is 0.353. The standard InChI is InChI=1S/C5H8F3/c6-4-2-1-3-5(7)8/h1-4H2. The Morgan fingerprint density at radius 1 is 1.12 bits per heavy atom. The Balaban J connectivity index is 2.72. The van der Waals surface area contributed by atoms with Gasteiger partial charge in [-0.2, -0.15) is 8.78 Å². The van der Waals surface area contributed by atoms with Gasteiger partial charge in [0.25, 0.3) is 0 Å². The van der Waals surface area contributed by atoms with Gasteiger partial charge in [0.15, 0.2) is 0 Å². The van der Waals surface area contributed by atoms with Crippen molar-refractivity contribution in [1.29, 1.82) is 0 Å². The Labute approximate surface area is 46.7 Å². The molecule has 0 saturated carbocycles. The number of hydrogen-bond acceptors (Lipinski definition) is 0. The molecular weight excluding hydrogens is 117 g/mol. The largest absolute Gasteiger partial charge is 0.310 e. The molecule has 3 heteroatoms. The molecule has 0 aromatic heterocycles. The first kappa shape index (κ1) is 7.79. The Hall–Kier alpha value is -0.210. The van der Waals surface area contributed by atoms with E-state index in [2.05, 4.69) is 0 Å². The number of alkyl halides is 1. The smallest absolute Gasteiger partial charge is 0.251 e. The van der Waals surface area contributed by atoms with Gasteiger partial charge in [-0.05, 0) is 12.8 Å². The molecule has 0 N–H and O–H groups in total. The Morgan fingerprint density at radius 3 is 2.12 bits per heavy atom. The Morgan fingerprint density at radius 2 is 1.75 bits per heavy atom. The average molecular weight is 125 g/mol. The molecule has 49 valence electrons. The number of halogens is 3. The van der Waals surface area contributed by atoms with Gasteiger partial charge in [-0.3, -0.25) is 4.39 Å². The van der Waals surface area contributed by atoms with Crippen LogP contribution < -0.4 is 0 Å². The van der Waals surface area contributed by atoms with Crippen LogP contribution in [0.15, 0.2) is 0 Å². The van der Waals surface area contributed by atoms with Gasteiger partial charge in [0.05, 0.1) is 6.67 Å². The Bertz CT molecular complexity index is 44.9. The van der Waals surface area contributed by atoms with Crippen LogP contribution in [0.5, 0.6) is 0 Å². The van der Waals surface area contributed by atoms with Crippen LogP contribution in [0.4, 0.5) is 13.2 Å². The van der Waals surface area contributed by atoms with Gasteiger partial charge in [-0.1, -0.05) is 0 Å². The molecule has 8 heavy (non-hydrogen) atoms. The number of unbranched alkanes of at least 4 members (excludes halogenated alkanes) is 1. The van der Waals surface area contributed by atoms with Gasteiger partial charge in [-0.15, -0.1) is 0 Å². The highest BCUT2D eigenvalue weighted by atomic mass is 19.3. The zero-order valence-electron chi connectivity index (χ0n) is 4.46. The fourth-order valence-corrected chi connectivity index (χ4v) is 0.353. The third kappa shape index (κ3) is 5.79. The van der Waals surface area contributed by atoms with Crippen LogP contribution in [0.1, 0.15) is 19.3 Å². The minimum Gasteiger partial charge on any atom is -0.251 e. The molecular formula is C5H8F3. The number of hydrogen-bond donors (Lipinski definition) is 0. The summed E-state index contributed by atoms with van der Waals surface area (Å²) in [5.41, 5.74) is 0. The summed E-state index contributed by atoms with van der Waals surface area (Å²) in [7, 11) is 0. The summed E-state index contributed by atoms with van der Waals surface area (Å²) in [6.07, 6.45) is -1.33. The molecule has 0 atom stereocenters. The van der Waals surface area contributed by atoms with Crippen molar-refractivity contribution >= 4 is 0 Å². The van der Waals surface area contributed by atoms with Crippen molar-refractivity contribution in [2.24, 2.45) is 0 Å². The predicted molar refractivity (Wildman–Crippen MR) is 25.3 cm³/mol. The molecule has 0 aliphatic carbocycles. The van der Waals surface area contributed by atoms with E-state index in [4.69, 9.17) is 0 Å². The van der Waals surface area contributed by atoms with E-state index < -0.39 is 13.1 Å². The summed E-state index contributed by atoms with van der Waals surface area (Å²) < 4.78 is 33.5. The molecule has 0 nitrogen and oxygen atoms in total. The molecule has 0 rings (SSSR count). The van der Waals surface area contributed by atoms with E-state index in [1.807, 2.05) is 0 Å². The van der Waals surface area contributed by atoms with Crippen molar-refractivity contribution in [2.75, 3.05) is 6.67 Å². The van der Waals surface area contributed by atoms with Crippen molar-refractivity contribution in [3.8, 4) is 0 Å². The molecule has 0 heterocycles. The quantitative estimate of drug-likeness (QED) is 0.506. The van der Waals surface area contributed by atoms with E-state index in [1.165, 1.54) is 0 Å². The first-order valence-corrected chi connectivity index (χ1v) is 2.50. The molecule has 0 amide bonds. The highest BCUT2D eigenvalue weighted by molar-refractivity contribution is 4.57. The maximum atomic E-state index is 11.2. The van der Waals surface area contributed by atoms with Gasteiger partial charge in [0, 0.05) is 6.42 Å². The van der Waals surface area contributed by atoms with Crippen LogP contribution in [-0.4, -0.2) is 6.67 Å². The Kier molecular flexibility index (Phi) is 4.81. The van der Waals surface area contributed by atoms with E-state index >= 15 is 0 Å². The lowest BCUT2D eigenvalue weighted by Gasteiger charge is -1.91. The van der Waals surface area contributed by atoms with Gasteiger partial charge < -0.3 is 0 Å². The third-order valence-corrected chi connectivity index (χ3v) is 0.749. The van der Waals surface area contributed by atoms with Gasteiger partial charge >= 0.3 is 6.43 Å². The van der Waals surface area contributed by atoms with Crippen LogP contribution in [0.3, 0.4) is 0 Å². The molecule has 0 unspecified atom stereocenters. The van der Waals surface area contributed by atoms with E-state index in [0.717, 1.165) is 0 Å². The van der Waals surface area contributed by atoms with E-state index in [0.29, 0.717) is 0 Å². The summed E-state index contributed by atoms with van der Waals surface area (Å²) in [5, 5.41) is 0. The first-order valence-electron chi connectivity index (χ1n) is 2.50. The maximum absolute atomic E-state index is 11.2. The molecule has 1 radical (unpaired) electrons. The van der Waals surface area contributed by atoms with E-state index in [-0.39, 0.29) is 19.3 Å². The number of rotatable bonds is 4. The zero-order chi connectivity index (χ0) is 6.41. The fraction of sp³-hybridized carbons (Fsp3) is 0.800. The molecule has 0 aromatic carbocycles. The average Bonchev–Trinajstić information content (AvgIpc) is 1.66. The van der Waals surface area contributed by atoms with E-state index in [1.54, 1.807) is 0 Å². The van der Waals surface area contributed by atoms with Crippen molar-refractivity contribution in [3.63, 3.8) is 0 Å². The second kappa shape index (κ2) is 4.94. The monoisotopic (exact) mass is 125 g/mol. The van der Waals surface area contributed by atoms with Crippen molar-refractivity contribution in [3.05, 3.63) is 6.43 Å². The molecule has 0 spiro atoms. The van der Waals surface area contributed by atoms with Crippen LogP contribution in [0.2, 0.25) is 0 Å². The maximum Gasteiger partial charge on any atom is 0.310 e. The van der Waals surface area contributed by atoms with Crippen molar-refractivity contribution in [2.45, 2.75) is 19.3 Å². The lowest BCUT2D eigenvalue weighted by molar-refractivity contribution is 0.262.